The quantitative estimate of drug-likeness (QED) is 0.500. The van der Waals surface area contributed by atoms with Crippen molar-refractivity contribution in [2.45, 2.75) is 15.8 Å². The first-order valence-corrected chi connectivity index (χ1v) is 11.4. The van der Waals surface area contributed by atoms with Crippen LogP contribution in [0.2, 0.25) is 0 Å². The van der Waals surface area contributed by atoms with Crippen molar-refractivity contribution in [3.05, 3.63) is 95.1 Å². The van der Waals surface area contributed by atoms with Gasteiger partial charge in [-0.15, -0.1) is 0 Å². The van der Waals surface area contributed by atoms with Crippen molar-refractivity contribution in [2.75, 3.05) is 20.6 Å². The van der Waals surface area contributed by atoms with Gasteiger partial charge in [0.05, 0.1) is 30.4 Å². The summed E-state index contributed by atoms with van der Waals surface area (Å²) in [4.78, 5) is 26.6. The number of hydrogen-bond acceptors (Lipinski definition) is 4. The summed E-state index contributed by atoms with van der Waals surface area (Å²) >= 11 is 0. The van der Waals surface area contributed by atoms with Crippen LogP contribution in [0.5, 0.6) is 0 Å². The van der Waals surface area contributed by atoms with Gasteiger partial charge in [-0.3, -0.25) is 9.59 Å². The molecule has 1 amide bonds. The van der Waals surface area contributed by atoms with Gasteiger partial charge in [0.15, 0.2) is 5.78 Å². The van der Waals surface area contributed by atoms with Gasteiger partial charge >= 0.3 is 0 Å². The second-order valence-electron chi connectivity index (χ2n) is 7.79. The zero-order chi connectivity index (χ0) is 22.2. The van der Waals surface area contributed by atoms with E-state index in [2.05, 4.69) is 5.32 Å². The van der Waals surface area contributed by atoms with Gasteiger partial charge in [0.1, 0.15) is 6.04 Å². The molecule has 3 aromatic carbocycles. The molecule has 0 saturated carbocycles. The zero-order valence-electron chi connectivity index (χ0n) is 17.3. The monoisotopic (exact) mass is 435 g/mol. The van der Waals surface area contributed by atoms with Crippen LogP contribution in [0.1, 0.15) is 37.9 Å². The van der Waals surface area contributed by atoms with Gasteiger partial charge in [-0.2, -0.15) is 0 Å². The van der Waals surface area contributed by atoms with Crippen molar-refractivity contribution in [2.24, 2.45) is 0 Å². The lowest BCUT2D eigenvalue weighted by atomic mass is 10.0. The van der Waals surface area contributed by atoms with Crippen LogP contribution in [0, 0.1) is 0 Å². The van der Waals surface area contributed by atoms with Crippen molar-refractivity contribution in [3.8, 4) is 0 Å². The number of likely N-dealkylation sites (N-methyl/N-ethyl adjacent to an activating group) is 1. The van der Waals surface area contributed by atoms with E-state index in [1.807, 2.05) is 44.4 Å². The summed E-state index contributed by atoms with van der Waals surface area (Å²) in [6.07, 6.45) is 0. The molecule has 4 rings (SSSR count). The molecule has 1 aliphatic rings. The second kappa shape index (κ2) is 8.09. The van der Waals surface area contributed by atoms with Gasteiger partial charge in [-0.05, 0) is 30.3 Å². The Hall–Kier alpha value is -3.29. The second-order valence-corrected chi connectivity index (χ2v) is 9.68. The van der Waals surface area contributed by atoms with Crippen LogP contribution in [0.4, 0.5) is 0 Å². The van der Waals surface area contributed by atoms with Crippen molar-refractivity contribution >= 4 is 21.5 Å². The highest BCUT2D eigenvalue weighted by Crippen LogP contribution is 2.34. The molecular formula is C24H23N2O4S+. The van der Waals surface area contributed by atoms with Crippen molar-refractivity contribution in [1.29, 1.82) is 0 Å². The maximum atomic E-state index is 13.1. The van der Waals surface area contributed by atoms with E-state index >= 15 is 0 Å². The summed E-state index contributed by atoms with van der Waals surface area (Å²) in [6.45, 7) is 0.386. The fourth-order valence-electron chi connectivity index (χ4n) is 3.86. The first-order chi connectivity index (χ1) is 14.8. The summed E-state index contributed by atoms with van der Waals surface area (Å²) < 4.78 is 26.1. The number of carbonyl (C=O) groups excluding carboxylic acids is 2. The number of nitrogens with one attached hydrogen (secondary N) is 2. The molecule has 31 heavy (non-hydrogen) atoms. The standard InChI is InChI=1S/C24H22N2O4S/c1-26(2)20(16-8-4-3-5-9-16)15-25-24(28)17-12-13-19-22(14-17)31(29,30)21-11-7-6-10-18(21)23(19)27/h3-14,20H,15H2,1-2H3,(H,25,28)/p+1/t20-/m0/s1. The fraction of sp³-hybridized carbons (Fsp3) is 0.167. The van der Waals surface area contributed by atoms with Crippen LogP contribution in [0.15, 0.2) is 82.6 Å². The number of fused-ring (bicyclic) bond motifs is 2. The zero-order valence-corrected chi connectivity index (χ0v) is 18.1. The van der Waals surface area contributed by atoms with Gasteiger partial charge in [0, 0.05) is 22.3 Å². The summed E-state index contributed by atoms with van der Waals surface area (Å²) in [5.74, 6) is -0.737. The predicted octanol–water partition coefficient (Wildman–Crippen LogP) is 1.68. The Labute approximate surface area is 181 Å². The van der Waals surface area contributed by atoms with E-state index in [-0.39, 0.29) is 44.2 Å². The molecule has 0 aliphatic carbocycles. The van der Waals surface area contributed by atoms with Crippen LogP contribution >= 0.6 is 0 Å². The Kier molecular flexibility index (Phi) is 5.47. The van der Waals surface area contributed by atoms with Gasteiger partial charge in [-0.25, -0.2) is 8.42 Å². The van der Waals surface area contributed by atoms with Crippen molar-refractivity contribution < 1.29 is 22.9 Å². The molecule has 0 spiro atoms. The van der Waals surface area contributed by atoms with Crippen LogP contribution in [0.25, 0.3) is 0 Å². The first kappa shape index (κ1) is 21.0. The van der Waals surface area contributed by atoms with E-state index < -0.39 is 9.84 Å². The van der Waals surface area contributed by atoms with E-state index in [1.165, 1.54) is 30.3 Å². The Morgan fingerprint density at radius 3 is 2.26 bits per heavy atom. The maximum Gasteiger partial charge on any atom is 0.251 e. The molecule has 0 unspecified atom stereocenters. The highest BCUT2D eigenvalue weighted by atomic mass is 32.2. The van der Waals surface area contributed by atoms with Gasteiger partial charge in [0.25, 0.3) is 5.91 Å². The predicted molar refractivity (Wildman–Crippen MR) is 116 cm³/mol. The Bertz CT molecular complexity index is 1270. The molecule has 0 fully saturated rings. The molecule has 6 nitrogen and oxygen atoms in total. The smallest absolute Gasteiger partial charge is 0.251 e. The molecular weight excluding hydrogens is 412 g/mol. The van der Waals surface area contributed by atoms with E-state index in [0.717, 1.165) is 10.5 Å². The maximum absolute atomic E-state index is 13.1. The molecule has 7 heteroatoms. The van der Waals surface area contributed by atoms with Gasteiger partial charge in [0.2, 0.25) is 9.84 Å². The number of amides is 1. The lowest BCUT2D eigenvalue weighted by molar-refractivity contribution is -0.890. The minimum absolute atomic E-state index is 0.0228. The number of ketones is 1. The Balaban J connectivity index is 1.61. The third kappa shape index (κ3) is 3.78. The minimum atomic E-state index is -3.88. The van der Waals surface area contributed by atoms with Gasteiger partial charge in [-0.1, -0.05) is 42.5 Å². The molecule has 1 aliphatic heterocycles. The molecule has 2 N–H and O–H groups in total. The number of carbonyl (C=O) groups is 2. The first-order valence-electron chi connectivity index (χ1n) is 9.97. The van der Waals surface area contributed by atoms with Crippen LogP contribution < -0.4 is 10.2 Å². The minimum Gasteiger partial charge on any atom is -0.346 e. The molecule has 158 valence electrons. The molecule has 1 atom stereocenters. The lowest BCUT2D eigenvalue weighted by Crippen LogP contribution is -3.07. The molecule has 3 aromatic rings. The SMILES string of the molecule is C[NH+](C)[C@@H](CNC(=O)c1ccc2c(c1)S(=O)(=O)c1ccccc1C2=O)c1ccccc1. The highest BCUT2D eigenvalue weighted by Gasteiger charge is 2.35. The molecule has 0 aromatic heterocycles. The number of sulfone groups is 1. The van der Waals surface area contributed by atoms with Crippen LogP contribution in [-0.2, 0) is 9.84 Å². The van der Waals surface area contributed by atoms with Crippen LogP contribution in [0.3, 0.4) is 0 Å². The van der Waals surface area contributed by atoms with E-state index in [1.54, 1.807) is 12.1 Å². The van der Waals surface area contributed by atoms with E-state index in [4.69, 9.17) is 0 Å². The van der Waals surface area contributed by atoms with Crippen LogP contribution in [-0.4, -0.2) is 40.7 Å². The lowest BCUT2D eigenvalue weighted by Gasteiger charge is -2.22. The average molecular weight is 436 g/mol. The fourth-order valence-corrected chi connectivity index (χ4v) is 5.54. The largest absolute Gasteiger partial charge is 0.346 e. The van der Waals surface area contributed by atoms with Gasteiger partial charge < -0.3 is 10.2 Å². The number of hydrogen-bond donors (Lipinski definition) is 2. The Morgan fingerprint density at radius 1 is 0.903 bits per heavy atom. The summed E-state index contributed by atoms with van der Waals surface area (Å²) in [5, 5.41) is 2.90. The Morgan fingerprint density at radius 2 is 1.55 bits per heavy atom. The number of rotatable bonds is 5. The van der Waals surface area contributed by atoms with E-state index in [9.17, 15) is 18.0 Å². The topological polar surface area (TPSA) is 84.8 Å². The summed E-state index contributed by atoms with van der Waals surface area (Å²) in [7, 11) is 0.142. The van der Waals surface area contributed by atoms with E-state index in [0.29, 0.717) is 6.54 Å². The number of benzene rings is 3. The third-order valence-corrected chi connectivity index (χ3v) is 7.42. The molecule has 0 radical (unpaired) electrons. The molecule has 1 heterocycles. The normalized spacial score (nSPS) is 15.1. The summed E-state index contributed by atoms with van der Waals surface area (Å²) in [5.41, 5.74) is 1.55. The molecule has 0 saturated heterocycles. The average Bonchev–Trinajstić information content (AvgIpc) is 2.78. The molecule has 0 bridgehead atoms. The summed E-state index contributed by atoms with van der Waals surface area (Å²) in [6, 6.07) is 20.3. The van der Waals surface area contributed by atoms with Crippen molar-refractivity contribution in [1.82, 2.24) is 5.32 Å². The third-order valence-electron chi connectivity index (χ3n) is 5.56. The van der Waals surface area contributed by atoms with Crippen molar-refractivity contribution in [3.63, 3.8) is 0 Å². The number of quaternary nitrogens is 1. The highest BCUT2D eigenvalue weighted by molar-refractivity contribution is 7.91.